The second kappa shape index (κ2) is 7.02. The van der Waals surface area contributed by atoms with Crippen LogP contribution in [0, 0.1) is 5.92 Å². The SMILES string of the molecule is C=CC1CCN(C(=O)NCc2cccc(OC)c2OC)C1. The Balaban J connectivity index is 1.97. The highest BCUT2D eigenvalue weighted by molar-refractivity contribution is 5.74. The van der Waals surface area contributed by atoms with Crippen LogP contribution in [0.2, 0.25) is 0 Å². The summed E-state index contributed by atoms with van der Waals surface area (Å²) in [6.45, 7) is 5.71. The first-order valence-electron chi connectivity index (χ1n) is 7.04. The molecule has 0 bridgehead atoms. The van der Waals surface area contributed by atoms with Gasteiger partial charge in [0.1, 0.15) is 0 Å². The highest BCUT2D eigenvalue weighted by Gasteiger charge is 2.24. The standard InChI is InChI=1S/C16H22N2O3/c1-4-12-8-9-18(11-12)16(19)17-10-13-6-5-7-14(20-2)15(13)21-3/h4-7,12H,1,8-11H2,2-3H3,(H,17,19). The maximum atomic E-state index is 12.1. The maximum absolute atomic E-state index is 12.1. The van der Waals surface area contributed by atoms with Crippen molar-refractivity contribution in [3.05, 3.63) is 36.4 Å². The minimum atomic E-state index is -0.0516. The molecule has 1 aliphatic rings. The van der Waals surface area contributed by atoms with Crippen LogP contribution < -0.4 is 14.8 Å². The van der Waals surface area contributed by atoms with Crippen LogP contribution in [0.15, 0.2) is 30.9 Å². The molecule has 5 heteroatoms. The van der Waals surface area contributed by atoms with Gasteiger partial charge >= 0.3 is 6.03 Å². The highest BCUT2D eigenvalue weighted by Crippen LogP contribution is 2.30. The summed E-state index contributed by atoms with van der Waals surface area (Å²) in [5, 5.41) is 2.93. The number of hydrogen-bond donors (Lipinski definition) is 1. The molecular weight excluding hydrogens is 268 g/mol. The molecule has 1 unspecified atom stereocenters. The third-order valence-electron chi connectivity index (χ3n) is 3.76. The highest BCUT2D eigenvalue weighted by atomic mass is 16.5. The Labute approximate surface area is 125 Å². The van der Waals surface area contributed by atoms with Crippen LogP contribution in [0.3, 0.4) is 0 Å². The van der Waals surface area contributed by atoms with Crippen molar-refractivity contribution in [2.24, 2.45) is 5.92 Å². The molecular formula is C16H22N2O3. The van der Waals surface area contributed by atoms with Crippen LogP contribution in [-0.4, -0.2) is 38.2 Å². The lowest BCUT2D eigenvalue weighted by atomic mass is 10.1. The molecule has 21 heavy (non-hydrogen) atoms. The van der Waals surface area contributed by atoms with Crippen molar-refractivity contribution in [3.8, 4) is 11.5 Å². The van der Waals surface area contributed by atoms with Crippen molar-refractivity contribution in [1.29, 1.82) is 0 Å². The van der Waals surface area contributed by atoms with Crippen molar-refractivity contribution >= 4 is 6.03 Å². The van der Waals surface area contributed by atoms with Gasteiger partial charge in [0.05, 0.1) is 14.2 Å². The molecule has 2 amide bonds. The van der Waals surface area contributed by atoms with Crippen LogP contribution in [-0.2, 0) is 6.54 Å². The third kappa shape index (κ3) is 3.48. The first-order valence-corrected chi connectivity index (χ1v) is 7.04. The fourth-order valence-corrected chi connectivity index (χ4v) is 2.54. The summed E-state index contributed by atoms with van der Waals surface area (Å²) in [5.41, 5.74) is 0.893. The van der Waals surface area contributed by atoms with E-state index < -0.39 is 0 Å². The number of amides is 2. The number of benzene rings is 1. The van der Waals surface area contributed by atoms with Gasteiger partial charge < -0.3 is 19.7 Å². The number of rotatable bonds is 5. The predicted molar refractivity (Wildman–Crippen MR) is 81.7 cm³/mol. The fourth-order valence-electron chi connectivity index (χ4n) is 2.54. The van der Waals surface area contributed by atoms with Gasteiger partial charge in [-0.15, -0.1) is 6.58 Å². The molecule has 5 nitrogen and oxygen atoms in total. The van der Waals surface area contributed by atoms with E-state index in [0.717, 1.165) is 25.1 Å². The number of nitrogens with zero attached hydrogens (tertiary/aromatic N) is 1. The monoisotopic (exact) mass is 290 g/mol. The zero-order valence-corrected chi connectivity index (χ0v) is 12.6. The van der Waals surface area contributed by atoms with Gasteiger partial charge in [0.25, 0.3) is 0 Å². The van der Waals surface area contributed by atoms with E-state index in [1.807, 2.05) is 29.2 Å². The fraction of sp³-hybridized carbons (Fsp3) is 0.438. The molecule has 114 valence electrons. The average Bonchev–Trinajstić information content (AvgIpc) is 3.01. The van der Waals surface area contributed by atoms with Gasteiger partial charge in [-0.3, -0.25) is 0 Å². The number of nitrogens with one attached hydrogen (secondary N) is 1. The van der Waals surface area contributed by atoms with E-state index in [1.54, 1.807) is 14.2 Å². The minimum Gasteiger partial charge on any atom is -0.493 e. The van der Waals surface area contributed by atoms with Gasteiger partial charge in [-0.05, 0) is 18.4 Å². The lowest BCUT2D eigenvalue weighted by Gasteiger charge is -2.18. The summed E-state index contributed by atoms with van der Waals surface area (Å²) in [7, 11) is 3.19. The van der Waals surface area contributed by atoms with E-state index in [-0.39, 0.29) is 6.03 Å². The summed E-state index contributed by atoms with van der Waals surface area (Å²) in [4.78, 5) is 14.0. The second-order valence-corrected chi connectivity index (χ2v) is 5.04. The van der Waals surface area contributed by atoms with Gasteiger partial charge in [-0.2, -0.15) is 0 Å². The predicted octanol–water partition coefficient (Wildman–Crippen LogP) is 2.42. The Hall–Kier alpha value is -2.17. The minimum absolute atomic E-state index is 0.0516. The summed E-state index contributed by atoms with van der Waals surface area (Å²) in [5.74, 6) is 1.73. The number of hydrogen-bond acceptors (Lipinski definition) is 3. The number of methoxy groups -OCH3 is 2. The van der Waals surface area contributed by atoms with Crippen LogP contribution in [0.25, 0.3) is 0 Å². The van der Waals surface area contributed by atoms with Crippen molar-refractivity contribution in [1.82, 2.24) is 10.2 Å². The topological polar surface area (TPSA) is 50.8 Å². The van der Waals surface area contributed by atoms with Gasteiger partial charge in [0.2, 0.25) is 0 Å². The molecule has 1 aromatic rings. The molecule has 0 saturated carbocycles. The zero-order valence-electron chi connectivity index (χ0n) is 12.6. The number of carbonyl (C=O) groups excluding carboxylic acids is 1. The molecule has 0 spiro atoms. The molecule has 0 aliphatic carbocycles. The van der Waals surface area contributed by atoms with Crippen LogP contribution in [0.4, 0.5) is 4.79 Å². The largest absolute Gasteiger partial charge is 0.493 e. The summed E-state index contributed by atoms with van der Waals surface area (Å²) >= 11 is 0. The molecule has 1 N–H and O–H groups in total. The first-order chi connectivity index (χ1) is 10.2. The first kappa shape index (κ1) is 15.2. The Morgan fingerprint density at radius 2 is 2.29 bits per heavy atom. The van der Waals surface area contributed by atoms with Crippen molar-refractivity contribution in [2.75, 3.05) is 27.3 Å². The molecule has 1 atom stereocenters. The molecule has 1 heterocycles. The Morgan fingerprint density at radius 1 is 1.48 bits per heavy atom. The molecule has 1 fully saturated rings. The number of ether oxygens (including phenoxy) is 2. The van der Waals surface area contributed by atoms with Gasteiger partial charge in [-0.25, -0.2) is 4.79 Å². The third-order valence-corrected chi connectivity index (χ3v) is 3.76. The van der Waals surface area contributed by atoms with E-state index in [0.29, 0.717) is 24.0 Å². The Kier molecular flexibility index (Phi) is 5.09. The summed E-state index contributed by atoms with van der Waals surface area (Å²) < 4.78 is 10.6. The van der Waals surface area contributed by atoms with Crippen LogP contribution in [0.1, 0.15) is 12.0 Å². The zero-order chi connectivity index (χ0) is 15.2. The molecule has 0 radical (unpaired) electrons. The van der Waals surface area contributed by atoms with Gasteiger partial charge in [0.15, 0.2) is 11.5 Å². The van der Waals surface area contributed by atoms with Crippen LogP contribution >= 0.6 is 0 Å². The van der Waals surface area contributed by atoms with Gasteiger partial charge in [0, 0.05) is 25.2 Å². The Bertz CT molecular complexity index is 516. The smallest absolute Gasteiger partial charge is 0.317 e. The summed E-state index contributed by atoms with van der Waals surface area (Å²) in [6, 6.07) is 5.58. The van der Waals surface area contributed by atoms with E-state index in [2.05, 4.69) is 11.9 Å². The number of likely N-dealkylation sites (tertiary alicyclic amines) is 1. The van der Waals surface area contributed by atoms with Crippen molar-refractivity contribution in [3.63, 3.8) is 0 Å². The van der Waals surface area contributed by atoms with E-state index in [4.69, 9.17) is 9.47 Å². The number of carbonyl (C=O) groups is 1. The molecule has 1 saturated heterocycles. The second-order valence-electron chi connectivity index (χ2n) is 5.04. The normalized spacial score (nSPS) is 17.4. The molecule has 0 aromatic heterocycles. The van der Waals surface area contributed by atoms with Gasteiger partial charge in [-0.1, -0.05) is 18.2 Å². The van der Waals surface area contributed by atoms with E-state index >= 15 is 0 Å². The quantitative estimate of drug-likeness (QED) is 0.847. The maximum Gasteiger partial charge on any atom is 0.317 e. The number of urea groups is 1. The average molecular weight is 290 g/mol. The molecule has 2 rings (SSSR count). The van der Waals surface area contributed by atoms with Crippen LogP contribution in [0.5, 0.6) is 11.5 Å². The number of para-hydroxylation sites is 1. The molecule has 1 aromatic carbocycles. The summed E-state index contributed by atoms with van der Waals surface area (Å²) in [6.07, 6.45) is 2.90. The van der Waals surface area contributed by atoms with Crippen molar-refractivity contribution in [2.45, 2.75) is 13.0 Å². The molecule has 1 aliphatic heterocycles. The van der Waals surface area contributed by atoms with E-state index in [1.165, 1.54) is 0 Å². The van der Waals surface area contributed by atoms with E-state index in [9.17, 15) is 4.79 Å². The lowest BCUT2D eigenvalue weighted by Crippen LogP contribution is -2.38. The lowest BCUT2D eigenvalue weighted by molar-refractivity contribution is 0.207. The Morgan fingerprint density at radius 3 is 2.90 bits per heavy atom. The van der Waals surface area contributed by atoms with Crippen molar-refractivity contribution < 1.29 is 14.3 Å².